The predicted molar refractivity (Wildman–Crippen MR) is 143 cm³/mol. The van der Waals surface area contributed by atoms with Crippen LogP contribution in [-0.2, 0) is 20.9 Å². The summed E-state index contributed by atoms with van der Waals surface area (Å²) in [6.07, 6.45) is -3.26. The minimum atomic E-state index is -5.37. The summed E-state index contributed by atoms with van der Waals surface area (Å²) in [4.78, 5) is 43.4. The number of likely N-dealkylation sites (tertiary alicyclic amines) is 1. The molecule has 1 fully saturated rings. The molecule has 1 aliphatic heterocycles. The Hall–Kier alpha value is -4.45. The second-order valence-electron chi connectivity index (χ2n) is 10.1. The first kappa shape index (κ1) is 30.5. The highest BCUT2D eigenvalue weighted by Crippen LogP contribution is 2.31. The molecule has 0 spiro atoms. The maximum atomic E-state index is 13.4. The van der Waals surface area contributed by atoms with Gasteiger partial charge in [0, 0.05) is 43.5 Å². The number of halogens is 3. The topological polar surface area (TPSA) is 104 Å². The van der Waals surface area contributed by atoms with Crippen LogP contribution < -0.4 is 14.2 Å². The lowest BCUT2D eigenvalue weighted by molar-refractivity contribution is -0.206. The number of ketones is 1. The summed E-state index contributed by atoms with van der Waals surface area (Å²) in [5, 5.41) is 0. The fourth-order valence-electron chi connectivity index (χ4n) is 4.27. The van der Waals surface area contributed by atoms with Crippen LogP contribution >= 0.6 is 0 Å². The number of carbonyl (C=O) groups excluding carboxylic acids is 3. The number of benzene rings is 2. The normalized spacial score (nSPS) is 15.6. The summed E-state index contributed by atoms with van der Waals surface area (Å²) < 4.78 is 58.4. The average Bonchev–Trinajstić information content (AvgIpc) is 3.39. The number of ether oxygens (including phenoxy) is 4. The van der Waals surface area contributed by atoms with Crippen molar-refractivity contribution >= 4 is 17.7 Å². The molecule has 0 bridgehead atoms. The van der Waals surface area contributed by atoms with Crippen molar-refractivity contribution in [3.8, 4) is 17.4 Å². The molecule has 0 aliphatic carbocycles. The van der Waals surface area contributed by atoms with Crippen molar-refractivity contribution in [1.29, 1.82) is 0 Å². The van der Waals surface area contributed by atoms with Gasteiger partial charge in [-0.2, -0.15) is 13.2 Å². The summed E-state index contributed by atoms with van der Waals surface area (Å²) in [5.41, 5.74) is -0.714. The van der Waals surface area contributed by atoms with Gasteiger partial charge in [-0.25, -0.2) is 14.6 Å². The third kappa shape index (κ3) is 7.64. The quantitative estimate of drug-likeness (QED) is 0.189. The molecule has 1 atom stereocenters. The van der Waals surface area contributed by atoms with E-state index in [4.69, 9.17) is 14.2 Å². The van der Waals surface area contributed by atoms with E-state index >= 15 is 0 Å². The van der Waals surface area contributed by atoms with Crippen molar-refractivity contribution in [2.45, 2.75) is 44.7 Å². The largest absolute Gasteiger partial charge is 0.497 e. The van der Waals surface area contributed by atoms with Gasteiger partial charge in [0.25, 0.3) is 0 Å². The van der Waals surface area contributed by atoms with Crippen LogP contribution in [0, 0.1) is 0 Å². The molecule has 9 nitrogen and oxygen atoms in total. The SMILES string of the molecule is COc1ccc(C(=O)c2ccc(OC3CCN(Cc4ccccc4)C3)nc2)c(OC(C)(C)C(=O)OC(=O)C(F)(F)F)c1. The van der Waals surface area contributed by atoms with E-state index in [0.29, 0.717) is 5.88 Å². The van der Waals surface area contributed by atoms with Crippen LogP contribution in [0.15, 0.2) is 66.9 Å². The van der Waals surface area contributed by atoms with Gasteiger partial charge in [-0.05, 0) is 44.0 Å². The Morgan fingerprint density at radius 2 is 1.74 bits per heavy atom. The zero-order valence-electron chi connectivity index (χ0n) is 23.1. The van der Waals surface area contributed by atoms with Crippen LogP contribution in [0.1, 0.15) is 41.8 Å². The fraction of sp³-hybridized carbons (Fsp3) is 0.333. The van der Waals surface area contributed by atoms with Crippen molar-refractivity contribution in [1.82, 2.24) is 9.88 Å². The van der Waals surface area contributed by atoms with Crippen LogP contribution in [0.5, 0.6) is 17.4 Å². The highest BCUT2D eigenvalue weighted by atomic mass is 19.4. The maximum Gasteiger partial charge on any atom is 0.491 e. The zero-order chi connectivity index (χ0) is 30.5. The molecule has 2 heterocycles. The predicted octanol–water partition coefficient (Wildman–Crippen LogP) is 4.76. The number of hydrogen-bond donors (Lipinski definition) is 0. The number of nitrogens with zero attached hydrogens (tertiary/aromatic N) is 2. The van der Waals surface area contributed by atoms with Gasteiger partial charge >= 0.3 is 18.1 Å². The summed E-state index contributed by atoms with van der Waals surface area (Å²) in [5.74, 6) is -4.40. The van der Waals surface area contributed by atoms with Gasteiger partial charge in [0.1, 0.15) is 17.6 Å². The molecule has 0 radical (unpaired) electrons. The molecule has 0 amide bonds. The highest BCUT2D eigenvalue weighted by Gasteiger charge is 2.45. The Balaban J connectivity index is 1.44. The third-order valence-corrected chi connectivity index (χ3v) is 6.47. The van der Waals surface area contributed by atoms with Gasteiger partial charge in [0.2, 0.25) is 11.5 Å². The van der Waals surface area contributed by atoms with Gasteiger partial charge < -0.3 is 18.9 Å². The van der Waals surface area contributed by atoms with Crippen molar-refractivity contribution in [3.63, 3.8) is 0 Å². The van der Waals surface area contributed by atoms with E-state index in [0.717, 1.165) is 39.9 Å². The Bertz CT molecular complexity index is 1430. The van der Waals surface area contributed by atoms with Gasteiger partial charge in [0.05, 0.1) is 12.7 Å². The lowest BCUT2D eigenvalue weighted by Gasteiger charge is -2.25. The summed E-state index contributed by atoms with van der Waals surface area (Å²) in [6.45, 7) is 4.64. The van der Waals surface area contributed by atoms with Crippen molar-refractivity contribution in [2.75, 3.05) is 20.2 Å². The van der Waals surface area contributed by atoms with Crippen LogP contribution in [-0.4, -0.2) is 65.7 Å². The molecule has 3 aromatic rings. The molecule has 1 saturated heterocycles. The number of rotatable bonds is 10. The molecule has 222 valence electrons. The van der Waals surface area contributed by atoms with E-state index in [1.165, 1.54) is 43.1 Å². The van der Waals surface area contributed by atoms with E-state index in [-0.39, 0.29) is 28.7 Å². The first-order valence-corrected chi connectivity index (χ1v) is 13.0. The van der Waals surface area contributed by atoms with Crippen molar-refractivity contribution < 1.29 is 46.5 Å². The number of hydrogen-bond acceptors (Lipinski definition) is 9. The van der Waals surface area contributed by atoms with Gasteiger partial charge in [-0.1, -0.05) is 30.3 Å². The molecule has 0 saturated carbocycles. The van der Waals surface area contributed by atoms with Gasteiger partial charge in [0.15, 0.2) is 5.78 Å². The third-order valence-electron chi connectivity index (χ3n) is 6.47. The van der Waals surface area contributed by atoms with Crippen LogP contribution in [0.2, 0.25) is 0 Å². The van der Waals surface area contributed by atoms with E-state index in [9.17, 15) is 27.6 Å². The number of pyridine rings is 1. The van der Waals surface area contributed by atoms with Crippen molar-refractivity contribution in [2.24, 2.45) is 0 Å². The van der Waals surface area contributed by atoms with E-state index in [2.05, 4.69) is 26.8 Å². The number of methoxy groups -OCH3 is 1. The molecule has 4 rings (SSSR count). The number of carbonyl (C=O) groups is 3. The van der Waals surface area contributed by atoms with Gasteiger partial charge in [-0.3, -0.25) is 9.69 Å². The lowest BCUT2D eigenvalue weighted by atomic mass is 10.0. The summed E-state index contributed by atoms with van der Waals surface area (Å²) in [7, 11) is 1.36. The van der Waals surface area contributed by atoms with Gasteiger partial charge in [-0.15, -0.1) is 0 Å². The molecular formula is C30H29F3N2O7. The second-order valence-corrected chi connectivity index (χ2v) is 10.1. The minimum absolute atomic E-state index is 0.0263. The Labute approximate surface area is 240 Å². The van der Waals surface area contributed by atoms with Crippen LogP contribution in [0.3, 0.4) is 0 Å². The van der Waals surface area contributed by atoms with Crippen LogP contribution in [0.4, 0.5) is 13.2 Å². The molecule has 42 heavy (non-hydrogen) atoms. The molecular weight excluding hydrogens is 557 g/mol. The monoisotopic (exact) mass is 586 g/mol. The maximum absolute atomic E-state index is 13.4. The smallest absolute Gasteiger partial charge is 0.491 e. The molecule has 1 aromatic heterocycles. The lowest BCUT2D eigenvalue weighted by Crippen LogP contribution is -2.43. The Kier molecular flexibility index (Phi) is 9.15. The Morgan fingerprint density at radius 1 is 1.00 bits per heavy atom. The van der Waals surface area contributed by atoms with E-state index in [1.807, 2.05) is 18.2 Å². The zero-order valence-corrected chi connectivity index (χ0v) is 23.1. The molecule has 1 unspecified atom stereocenters. The highest BCUT2D eigenvalue weighted by molar-refractivity contribution is 6.10. The first-order valence-electron chi connectivity index (χ1n) is 13.0. The summed E-state index contributed by atoms with van der Waals surface area (Å²) in [6, 6.07) is 17.4. The number of alkyl halides is 3. The minimum Gasteiger partial charge on any atom is -0.497 e. The molecule has 12 heteroatoms. The first-order chi connectivity index (χ1) is 19.9. The fourth-order valence-corrected chi connectivity index (χ4v) is 4.27. The number of aromatic nitrogens is 1. The standard InChI is InChI=1S/C30H29F3N2O7/c1-29(2,27(37)41-28(38)30(31,32)33)42-24-15-21(39-3)10-11-23(24)26(36)20-9-12-25(34-16-20)40-22-13-14-35(18-22)17-19-7-5-4-6-8-19/h4-12,15-16,22H,13-14,17-18H2,1-3H3. The molecule has 1 aliphatic rings. The molecule has 2 aromatic carbocycles. The Morgan fingerprint density at radius 3 is 2.38 bits per heavy atom. The summed E-state index contributed by atoms with van der Waals surface area (Å²) >= 11 is 0. The van der Waals surface area contributed by atoms with E-state index in [1.54, 1.807) is 6.07 Å². The second kappa shape index (κ2) is 12.6. The van der Waals surface area contributed by atoms with Crippen molar-refractivity contribution in [3.05, 3.63) is 83.6 Å². The average molecular weight is 587 g/mol. The molecule has 0 N–H and O–H groups in total. The number of esters is 2. The van der Waals surface area contributed by atoms with E-state index < -0.39 is 29.5 Å². The van der Waals surface area contributed by atoms with Crippen LogP contribution in [0.25, 0.3) is 0 Å².